The molecule has 0 spiro atoms. The lowest BCUT2D eigenvalue weighted by molar-refractivity contribution is 0.444. The van der Waals surface area contributed by atoms with E-state index < -0.39 is 0 Å². The lowest BCUT2D eigenvalue weighted by atomic mass is 9.97. The first-order chi connectivity index (χ1) is 7.84. The fourth-order valence-electron chi connectivity index (χ4n) is 2.38. The molecule has 1 fully saturated rings. The standard InChI is InChI=1S/C12H14BrN3/c13-10-3-6-16-11(7-10)8-15-12(16)9-1-4-14-5-2-9/h3,6-9,14H,1-2,4-5H2. The summed E-state index contributed by atoms with van der Waals surface area (Å²) in [7, 11) is 0. The molecule has 4 heteroatoms. The molecule has 0 bridgehead atoms. The van der Waals surface area contributed by atoms with Crippen molar-refractivity contribution in [3.05, 3.63) is 34.8 Å². The number of hydrogen-bond donors (Lipinski definition) is 1. The molecule has 0 atom stereocenters. The second kappa shape index (κ2) is 4.18. The van der Waals surface area contributed by atoms with Gasteiger partial charge in [-0.3, -0.25) is 0 Å². The zero-order valence-electron chi connectivity index (χ0n) is 8.99. The lowest BCUT2D eigenvalue weighted by Crippen LogP contribution is -2.27. The van der Waals surface area contributed by atoms with Crippen molar-refractivity contribution < 1.29 is 0 Å². The molecule has 16 heavy (non-hydrogen) atoms. The van der Waals surface area contributed by atoms with Gasteiger partial charge in [0.2, 0.25) is 0 Å². The van der Waals surface area contributed by atoms with Gasteiger partial charge < -0.3 is 9.72 Å². The van der Waals surface area contributed by atoms with Crippen LogP contribution >= 0.6 is 15.9 Å². The summed E-state index contributed by atoms with van der Waals surface area (Å²) < 4.78 is 3.32. The third-order valence-corrected chi connectivity index (χ3v) is 3.72. The number of pyridine rings is 1. The highest BCUT2D eigenvalue weighted by Gasteiger charge is 2.19. The Morgan fingerprint density at radius 2 is 2.19 bits per heavy atom. The van der Waals surface area contributed by atoms with E-state index in [1.165, 1.54) is 24.2 Å². The first kappa shape index (κ1) is 10.3. The Morgan fingerprint density at radius 1 is 1.38 bits per heavy atom. The number of imidazole rings is 1. The van der Waals surface area contributed by atoms with Gasteiger partial charge in [0, 0.05) is 16.6 Å². The molecule has 84 valence electrons. The van der Waals surface area contributed by atoms with Gasteiger partial charge in [-0.25, -0.2) is 4.98 Å². The second-order valence-corrected chi connectivity index (χ2v) is 5.20. The van der Waals surface area contributed by atoms with Crippen LogP contribution in [0.15, 0.2) is 29.0 Å². The molecule has 2 aromatic heterocycles. The second-order valence-electron chi connectivity index (χ2n) is 4.28. The topological polar surface area (TPSA) is 29.3 Å². The molecule has 0 radical (unpaired) electrons. The number of fused-ring (bicyclic) bond motifs is 1. The fourth-order valence-corrected chi connectivity index (χ4v) is 2.73. The van der Waals surface area contributed by atoms with Gasteiger partial charge in [-0.1, -0.05) is 15.9 Å². The number of nitrogens with one attached hydrogen (secondary N) is 1. The molecule has 3 rings (SSSR count). The monoisotopic (exact) mass is 279 g/mol. The molecule has 2 aromatic rings. The van der Waals surface area contributed by atoms with Crippen LogP contribution in [-0.4, -0.2) is 22.5 Å². The molecule has 0 unspecified atom stereocenters. The first-order valence-corrected chi connectivity index (χ1v) is 6.47. The van der Waals surface area contributed by atoms with Crippen molar-refractivity contribution in [2.24, 2.45) is 0 Å². The summed E-state index contributed by atoms with van der Waals surface area (Å²) in [6, 6.07) is 4.18. The lowest BCUT2D eigenvalue weighted by Gasteiger charge is -2.21. The van der Waals surface area contributed by atoms with Gasteiger partial charge in [0.15, 0.2) is 0 Å². The van der Waals surface area contributed by atoms with E-state index in [1.807, 2.05) is 6.20 Å². The van der Waals surface area contributed by atoms with Gasteiger partial charge in [0.1, 0.15) is 5.82 Å². The summed E-state index contributed by atoms with van der Waals surface area (Å²) in [5, 5.41) is 3.39. The molecule has 0 saturated carbocycles. The van der Waals surface area contributed by atoms with E-state index in [9.17, 15) is 0 Å². The Kier molecular flexibility index (Phi) is 2.69. The van der Waals surface area contributed by atoms with Gasteiger partial charge in [-0.2, -0.15) is 0 Å². The summed E-state index contributed by atoms with van der Waals surface area (Å²) in [6.45, 7) is 2.21. The van der Waals surface area contributed by atoms with Crippen LogP contribution in [0.1, 0.15) is 24.6 Å². The van der Waals surface area contributed by atoms with Crippen LogP contribution in [0.3, 0.4) is 0 Å². The number of rotatable bonds is 1. The van der Waals surface area contributed by atoms with Crippen molar-refractivity contribution in [1.29, 1.82) is 0 Å². The van der Waals surface area contributed by atoms with Gasteiger partial charge in [0.05, 0.1) is 11.7 Å². The molecule has 3 heterocycles. The van der Waals surface area contributed by atoms with E-state index in [0.717, 1.165) is 17.6 Å². The molecular weight excluding hydrogens is 266 g/mol. The number of piperidine rings is 1. The van der Waals surface area contributed by atoms with E-state index in [4.69, 9.17) is 0 Å². The number of hydrogen-bond acceptors (Lipinski definition) is 2. The Hall–Kier alpha value is -0.870. The third kappa shape index (κ3) is 1.76. The molecule has 1 N–H and O–H groups in total. The maximum absolute atomic E-state index is 4.57. The van der Waals surface area contributed by atoms with Crippen LogP contribution in [0.2, 0.25) is 0 Å². The zero-order valence-corrected chi connectivity index (χ0v) is 10.6. The summed E-state index contributed by atoms with van der Waals surface area (Å²) in [5.41, 5.74) is 1.17. The van der Waals surface area contributed by atoms with Gasteiger partial charge in [-0.05, 0) is 38.1 Å². The van der Waals surface area contributed by atoms with Crippen LogP contribution in [0.25, 0.3) is 5.52 Å². The highest BCUT2D eigenvalue weighted by molar-refractivity contribution is 9.10. The molecule has 1 saturated heterocycles. The van der Waals surface area contributed by atoms with Crippen LogP contribution < -0.4 is 5.32 Å². The Labute approximate surface area is 103 Å². The highest BCUT2D eigenvalue weighted by Crippen LogP contribution is 2.25. The predicted octanol–water partition coefficient (Wildman–Crippen LogP) is 2.56. The van der Waals surface area contributed by atoms with Crippen molar-refractivity contribution in [3.63, 3.8) is 0 Å². The van der Waals surface area contributed by atoms with Crippen molar-refractivity contribution in [2.45, 2.75) is 18.8 Å². The number of halogens is 1. The Bertz CT molecular complexity index is 500. The van der Waals surface area contributed by atoms with Crippen LogP contribution in [0.4, 0.5) is 0 Å². The van der Waals surface area contributed by atoms with Gasteiger partial charge in [0.25, 0.3) is 0 Å². The normalized spacial score (nSPS) is 18.1. The van der Waals surface area contributed by atoms with Gasteiger partial charge >= 0.3 is 0 Å². The maximum Gasteiger partial charge on any atom is 0.116 e. The SMILES string of the molecule is Brc1ccn2c(C3CCNCC3)ncc2c1. The molecule has 1 aliphatic rings. The molecule has 0 aromatic carbocycles. The quantitative estimate of drug-likeness (QED) is 0.870. The minimum atomic E-state index is 0.602. The smallest absolute Gasteiger partial charge is 0.116 e. The maximum atomic E-state index is 4.57. The van der Waals surface area contributed by atoms with Crippen molar-refractivity contribution in [2.75, 3.05) is 13.1 Å². The molecule has 3 nitrogen and oxygen atoms in total. The van der Waals surface area contributed by atoms with Crippen LogP contribution in [-0.2, 0) is 0 Å². The minimum absolute atomic E-state index is 0.602. The van der Waals surface area contributed by atoms with E-state index >= 15 is 0 Å². The average Bonchev–Trinajstić information content (AvgIpc) is 2.73. The fraction of sp³-hybridized carbons (Fsp3) is 0.417. The number of aromatic nitrogens is 2. The predicted molar refractivity (Wildman–Crippen MR) is 67.7 cm³/mol. The van der Waals surface area contributed by atoms with E-state index in [0.29, 0.717) is 5.92 Å². The zero-order chi connectivity index (χ0) is 11.0. The Balaban J connectivity index is 2.03. The van der Waals surface area contributed by atoms with Gasteiger partial charge in [-0.15, -0.1) is 0 Å². The number of nitrogens with zero attached hydrogens (tertiary/aromatic N) is 2. The summed E-state index contributed by atoms with van der Waals surface area (Å²) >= 11 is 3.49. The summed E-state index contributed by atoms with van der Waals surface area (Å²) in [6.07, 6.45) is 6.44. The molecule has 1 aliphatic heterocycles. The first-order valence-electron chi connectivity index (χ1n) is 5.68. The summed E-state index contributed by atoms with van der Waals surface area (Å²) in [4.78, 5) is 4.57. The average molecular weight is 280 g/mol. The van der Waals surface area contributed by atoms with Crippen LogP contribution in [0.5, 0.6) is 0 Å². The summed E-state index contributed by atoms with van der Waals surface area (Å²) in [5.74, 6) is 1.81. The van der Waals surface area contributed by atoms with Crippen molar-refractivity contribution in [1.82, 2.24) is 14.7 Å². The van der Waals surface area contributed by atoms with E-state index in [-0.39, 0.29) is 0 Å². The Morgan fingerprint density at radius 3 is 3.00 bits per heavy atom. The van der Waals surface area contributed by atoms with Crippen LogP contribution in [0, 0.1) is 0 Å². The minimum Gasteiger partial charge on any atom is -0.317 e. The molecular formula is C12H14BrN3. The largest absolute Gasteiger partial charge is 0.317 e. The van der Waals surface area contributed by atoms with Crippen molar-refractivity contribution >= 4 is 21.4 Å². The molecule has 0 aliphatic carbocycles. The highest BCUT2D eigenvalue weighted by atomic mass is 79.9. The molecule has 0 amide bonds. The van der Waals surface area contributed by atoms with Crippen molar-refractivity contribution in [3.8, 4) is 0 Å². The third-order valence-electron chi connectivity index (χ3n) is 3.23. The van der Waals surface area contributed by atoms with E-state index in [1.54, 1.807) is 0 Å². The van der Waals surface area contributed by atoms with E-state index in [2.05, 4.69) is 49.0 Å².